The van der Waals surface area contributed by atoms with E-state index in [0.717, 1.165) is 29.4 Å². The molecule has 1 amide bonds. The maximum absolute atomic E-state index is 15.9. The number of fused-ring (bicyclic) bond motifs is 5. The maximum Gasteiger partial charge on any atom is 0.259 e. The summed E-state index contributed by atoms with van der Waals surface area (Å²) in [6.45, 7) is 5.67. The minimum absolute atomic E-state index is 0.0367. The van der Waals surface area contributed by atoms with E-state index in [1.54, 1.807) is 15.7 Å². The Bertz CT molecular complexity index is 1970. The number of aromatic nitrogens is 1. The van der Waals surface area contributed by atoms with E-state index < -0.39 is 17.2 Å². The van der Waals surface area contributed by atoms with Crippen LogP contribution in [-0.2, 0) is 9.47 Å². The normalized spacial score (nSPS) is 16.9. The summed E-state index contributed by atoms with van der Waals surface area (Å²) in [6, 6.07) is 12.6. The number of anilines is 1. The Morgan fingerprint density at radius 2 is 1.67 bits per heavy atom. The van der Waals surface area contributed by atoms with Gasteiger partial charge in [0.2, 0.25) is 5.43 Å². The van der Waals surface area contributed by atoms with Gasteiger partial charge in [-0.15, -0.1) is 0 Å². The zero-order chi connectivity index (χ0) is 29.1. The molecule has 0 radical (unpaired) electrons. The number of hydrogen-bond acceptors (Lipinski definition) is 8. The fourth-order valence-electron chi connectivity index (χ4n) is 6.25. The number of halogens is 1. The minimum atomic E-state index is -0.623. The van der Waals surface area contributed by atoms with Crippen LogP contribution in [0.1, 0.15) is 10.4 Å². The Labute approximate surface area is 245 Å². The van der Waals surface area contributed by atoms with Crippen LogP contribution in [0.2, 0.25) is 0 Å². The van der Waals surface area contributed by atoms with E-state index in [0.29, 0.717) is 75.1 Å². The molecule has 0 spiro atoms. The number of para-hydroxylation sites is 1. The fourth-order valence-corrected chi connectivity index (χ4v) is 6.25. The summed E-state index contributed by atoms with van der Waals surface area (Å²) in [4.78, 5) is 31.3. The Morgan fingerprint density at radius 3 is 2.49 bits per heavy atom. The summed E-state index contributed by atoms with van der Waals surface area (Å²) < 4.78 is 41.1. The third kappa shape index (κ3) is 4.34. The van der Waals surface area contributed by atoms with E-state index in [1.807, 2.05) is 36.4 Å². The van der Waals surface area contributed by atoms with Crippen molar-refractivity contribution in [1.82, 2.24) is 14.4 Å². The van der Waals surface area contributed by atoms with Gasteiger partial charge in [-0.2, -0.15) is 0 Å². The first kappa shape index (κ1) is 26.2. The zero-order valence-electron chi connectivity index (χ0n) is 23.4. The fraction of sp³-hybridized carbons (Fsp3) is 0.312. The summed E-state index contributed by atoms with van der Waals surface area (Å²) in [5, 5.41) is 5.07. The molecule has 220 valence electrons. The minimum Gasteiger partial charge on any atom is -0.456 e. The molecule has 0 saturated carbocycles. The van der Waals surface area contributed by atoms with Crippen molar-refractivity contribution < 1.29 is 27.8 Å². The van der Waals surface area contributed by atoms with Crippen molar-refractivity contribution >= 4 is 44.4 Å². The van der Waals surface area contributed by atoms with Crippen molar-refractivity contribution in [1.29, 1.82) is 0 Å². The predicted octanol–water partition coefficient (Wildman–Crippen LogP) is 4.35. The third-order valence-corrected chi connectivity index (χ3v) is 8.49. The average Bonchev–Trinajstić information content (AvgIpc) is 3.40. The highest BCUT2D eigenvalue weighted by Gasteiger charge is 2.31. The number of morpholine rings is 2. The van der Waals surface area contributed by atoms with Crippen molar-refractivity contribution in [2.24, 2.45) is 0 Å². The number of nitrogens with one attached hydrogen (secondary N) is 1. The van der Waals surface area contributed by atoms with Gasteiger partial charge in [-0.3, -0.25) is 14.5 Å². The largest absolute Gasteiger partial charge is 0.456 e. The molecule has 2 saturated heterocycles. The Morgan fingerprint density at radius 1 is 0.907 bits per heavy atom. The molecular weight excluding hydrogens is 555 g/mol. The molecule has 2 aromatic heterocycles. The number of benzene rings is 3. The van der Waals surface area contributed by atoms with Crippen LogP contribution in [0, 0.1) is 5.82 Å². The first-order chi connectivity index (χ1) is 21.1. The highest BCUT2D eigenvalue weighted by atomic mass is 19.1. The van der Waals surface area contributed by atoms with Gasteiger partial charge < -0.3 is 33.4 Å². The van der Waals surface area contributed by atoms with Crippen LogP contribution in [0.5, 0.6) is 11.5 Å². The first-order valence-corrected chi connectivity index (χ1v) is 14.5. The first-order valence-electron chi connectivity index (χ1n) is 14.5. The molecular formula is C32H29FN4O6. The van der Waals surface area contributed by atoms with Crippen LogP contribution in [0.25, 0.3) is 38.5 Å². The van der Waals surface area contributed by atoms with Gasteiger partial charge in [0.25, 0.3) is 5.91 Å². The van der Waals surface area contributed by atoms with Gasteiger partial charge in [-0.25, -0.2) is 4.39 Å². The standard InChI is InChI=1S/C32H29FN4O6/c33-23-15-21-29-31(28(23)34-5-6-35-7-11-40-12-8-35)43-27-16-20-19-3-1-2-4-25(19)42-26(20)17-24(27)37(29)18-22(30(21)38)32(39)36-9-13-41-14-10-36/h1-4,15-18,34H,5-14H2. The van der Waals surface area contributed by atoms with E-state index in [1.165, 1.54) is 6.07 Å². The molecule has 10 nitrogen and oxygen atoms in total. The van der Waals surface area contributed by atoms with Crippen molar-refractivity contribution in [3.8, 4) is 17.2 Å². The third-order valence-electron chi connectivity index (χ3n) is 8.49. The second-order valence-corrected chi connectivity index (χ2v) is 11.0. The summed E-state index contributed by atoms with van der Waals surface area (Å²) in [5.41, 5.74) is 1.93. The lowest BCUT2D eigenvalue weighted by Gasteiger charge is -2.29. The Kier molecular flexibility index (Phi) is 6.32. The molecule has 0 unspecified atom stereocenters. The molecule has 0 atom stereocenters. The number of carbonyl (C=O) groups excluding carboxylic acids is 1. The van der Waals surface area contributed by atoms with E-state index in [-0.39, 0.29) is 22.4 Å². The molecule has 5 aromatic rings. The summed E-state index contributed by atoms with van der Waals surface area (Å²) in [7, 11) is 0. The molecule has 8 rings (SSSR count). The molecule has 3 aromatic carbocycles. The topological polar surface area (TPSA) is 98.4 Å². The zero-order valence-corrected chi connectivity index (χ0v) is 23.4. The van der Waals surface area contributed by atoms with Crippen LogP contribution in [0.15, 0.2) is 57.9 Å². The number of hydrogen-bond donors (Lipinski definition) is 1. The number of ether oxygens (including phenoxy) is 3. The molecule has 3 aliphatic rings. The van der Waals surface area contributed by atoms with E-state index >= 15 is 4.39 Å². The van der Waals surface area contributed by atoms with E-state index in [9.17, 15) is 9.59 Å². The van der Waals surface area contributed by atoms with Gasteiger partial charge >= 0.3 is 0 Å². The summed E-state index contributed by atoms with van der Waals surface area (Å²) in [5.74, 6) is -0.365. The molecule has 0 aliphatic carbocycles. The molecule has 2 fully saturated rings. The Balaban J connectivity index is 1.30. The van der Waals surface area contributed by atoms with Gasteiger partial charge in [0.1, 0.15) is 27.9 Å². The smallest absolute Gasteiger partial charge is 0.259 e. The number of carbonyl (C=O) groups is 1. The lowest BCUT2D eigenvalue weighted by atomic mass is 10.0. The van der Waals surface area contributed by atoms with Gasteiger partial charge in [0.15, 0.2) is 17.3 Å². The number of nitrogens with zero attached hydrogens (tertiary/aromatic N) is 3. The molecule has 1 N–H and O–H groups in total. The van der Waals surface area contributed by atoms with Gasteiger partial charge in [-0.05, 0) is 18.2 Å². The maximum atomic E-state index is 15.9. The van der Waals surface area contributed by atoms with Crippen LogP contribution in [-0.4, -0.2) is 86.0 Å². The quantitative estimate of drug-likeness (QED) is 0.320. The van der Waals surface area contributed by atoms with Crippen molar-refractivity contribution in [3.63, 3.8) is 0 Å². The number of pyridine rings is 1. The number of furan rings is 1. The second kappa shape index (κ2) is 10.4. The lowest BCUT2D eigenvalue weighted by Crippen LogP contribution is -2.42. The van der Waals surface area contributed by atoms with Crippen LogP contribution >= 0.6 is 0 Å². The summed E-state index contributed by atoms with van der Waals surface area (Å²) >= 11 is 0. The molecule has 3 aliphatic heterocycles. The van der Waals surface area contributed by atoms with Gasteiger partial charge in [-0.1, -0.05) is 18.2 Å². The predicted molar refractivity (Wildman–Crippen MR) is 159 cm³/mol. The van der Waals surface area contributed by atoms with Gasteiger partial charge in [0, 0.05) is 62.3 Å². The number of amides is 1. The van der Waals surface area contributed by atoms with E-state index in [2.05, 4.69) is 10.2 Å². The van der Waals surface area contributed by atoms with Crippen molar-refractivity contribution in [2.75, 3.05) is 71.0 Å². The van der Waals surface area contributed by atoms with Crippen LogP contribution < -0.4 is 15.5 Å². The monoisotopic (exact) mass is 584 g/mol. The highest BCUT2D eigenvalue weighted by molar-refractivity contribution is 6.07. The molecule has 5 heterocycles. The van der Waals surface area contributed by atoms with Crippen LogP contribution in [0.4, 0.5) is 10.1 Å². The van der Waals surface area contributed by atoms with Gasteiger partial charge in [0.05, 0.1) is 37.5 Å². The Hall–Kier alpha value is -4.45. The number of rotatable bonds is 5. The van der Waals surface area contributed by atoms with Crippen LogP contribution in [0.3, 0.4) is 0 Å². The molecule has 11 heteroatoms. The lowest BCUT2D eigenvalue weighted by molar-refractivity contribution is 0.0301. The molecule has 43 heavy (non-hydrogen) atoms. The van der Waals surface area contributed by atoms with Crippen molar-refractivity contribution in [2.45, 2.75) is 0 Å². The summed E-state index contributed by atoms with van der Waals surface area (Å²) in [6.07, 6.45) is 1.55. The van der Waals surface area contributed by atoms with Crippen molar-refractivity contribution in [3.05, 3.63) is 70.3 Å². The van der Waals surface area contributed by atoms with E-state index in [4.69, 9.17) is 18.6 Å². The average molecular weight is 585 g/mol. The molecule has 0 bridgehead atoms. The second-order valence-electron chi connectivity index (χ2n) is 11.0. The SMILES string of the molecule is O=C(c1cn2c3c(c(NCCN4CCOCC4)c(F)cc3c1=O)Oc1cc3c(cc1-2)oc1ccccc13)N1CCOCC1. The highest BCUT2D eigenvalue weighted by Crippen LogP contribution is 2.47.